The van der Waals surface area contributed by atoms with Crippen LogP contribution in [0.2, 0.25) is 0 Å². The summed E-state index contributed by atoms with van der Waals surface area (Å²) in [6.07, 6.45) is -3.03. The quantitative estimate of drug-likeness (QED) is 0.474. The van der Waals surface area contributed by atoms with Gasteiger partial charge < -0.3 is 5.32 Å². The van der Waals surface area contributed by atoms with Gasteiger partial charge in [0.2, 0.25) is 5.91 Å². The number of amides is 1. The first kappa shape index (κ1) is 25.6. The van der Waals surface area contributed by atoms with E-state index in [9.17, 15) is 22.2 Å². The van der Waals surface area contributed by atoms with Crippen molar-refractivity contribution in [1.29, 1.82) is 0 Å². The van der Waals surface area contributed by atoms with Crippen molar-refractivity contribution in [3.05, 3.63) is 88.6 Å². The Morgan fingerprint density at radius 1 is 1.06 bits per heavy atom. The highest BCUT2D eigenvalue weighted by molar-refractivity contribution is 7.82. The van der Waals surface area contributed by atoms with Gasteiger partial charge in [0.15, 0.2) is 0 Å². The molecule has 1 heterocycles. The van der Waals surface area contributed by atoms with Crippen LogP contribution in [0.3, 0.4) is 0 Å². The highest BCUT2D eigenvalue weighted by atomic mass is 32.2. The highest BCUT2D eigenvalue weighted by Gasteiger charge is 2.33. The molecule has 2 N–H and O–H groups in total. The number of pyridine rings is 1. The Morgan fingerprint density at radius 2 is 1.79 bits per heavy atom. The largest absolute Gasteiger partial charge is 0.433 e. The monoisotopic (exact) mass is 489 g/mol. The fourth-order valence-corrected chi connectivity index (χ4v) is 3.84. The molecule has 2 unspecified atom stereocenters. The van der Waals surface area contributed by atoms with Gasteiger partial charge in [-0.3, -0.25) is 4.79 Å². The van der Waals surface area contributed by atoms with Gasteiger partial charge in [0.1, 0.15) is 5.69 Å². The van der Waals surface area contributed by atoms with Gasteiger partial charge in [-0.1, -0.05) is 54.1 Å². The minimum Gasteiger partial charge on any atom is -0.351 e. The van der Waals surface area contributed by atoms with Crippen molar-refractivity contribution < 1.29 is 22.2 Å². The van der Waals surface area contributed by atoms with Crippen molar-refractivity contribution in [3.63, 3.8) is 0 Å². The van der Waals surface area contributed by atoms with Crippen molar-refractivity contribution in [3.8, 4) is 11.3 Å². The minimum atomic E-state index is -4.57. The first-order valence-corrected chi connectivity index (χ1v) is 12.2. The van der Waals surface area contributed by atoms with Crippen LogP contribution in [-0.2, 0) is 35.0 Å². The first-order chi connectivity index (χ1) is 16.0. The Morgan fingerprint density at radius 3 is 2.47 bits per heavy atom. The van der Waals surface area contributed by atoms with E-state index in [1.807, 2.05) is 37.3 Å². The van der Waals surface area contributed by atoms with Crippen LogP contribution in [0.15, 0.2) is 60.7 Å². The second-order valence-corrected chi connectivity index (χ2v) is 9.23. The number of nitrogens with one attached hydrogen (secondary N) is 2. The molecule has 0 saturated heterocycles. The van der Waals surface area contributed by atoms with Crippen LogP contribution in [0.25, 0.3) is 11.3 Å². The normalized spacial score (nSPS) is 13.4. The van der Waals surface area contributed by atoms with E-state index in [1.54, 1.807) is 31.4 Å². The van der Waals surface area contributed by atoms with Crippen LogP contribution in [0.5, 0.6) is 0 Å². The van der Waals surface area contributed by atoms with Gasteiger partial charge in [-0.2, -0.15) is 13.2 Å². The van der Waals surface area contributed by atoms with Crippen molar-refractivity contribution in [1.82, 2.24) is 15.0 Å². The van der Waals surface area contributed by atoms with E-state index in [-0.39, 0.29) is 18.1 Å². The van der Waals surface area contributed by atoms with Gasteiger partial charge in [-0.05, 0) is 42.7 Å². The number of hydrogen-bond donors (Lipinski definition) is 2. The van der Waals surface area contributed by atoms with E-state index in [0.29, 0.717) is 17.7 Å². The maximum atomic E-state index is 13.3. The molecular formula is C25H26F3N3O2S. The van der Waals surface area contributed by atoms with Crippen molar-refractivity contribution >= 4 is 16.9 Å². The van der Waals surface area contributed by atoms with Crippen LogP contribution in [0, 0.1) is 6.92 Å². The van der Waals surface area contributed by atoms with E-state index in [4.69, 9.17) is 0 Å². The number of halogens is 3. The summed E-state index contributed by atoms with van der Waals surface area (Å²) in [5.74, 6) is -0.754. The number of carbonyl (C=O) groups is 1. The molecule has 0 aliphatic carbocycles. The zero-order valence-corrected chi connectivity index (χ0v) is 19.9. The molecule has 180 valence electrons. The number of alkyl halides is 3. The second kappa shape index (κ2) is 10.9. The lowest BCUT2D eigenvalue weighted by Crippen LogP contribution is -2.28. The fraction of sp³-hybridized carbons (Fsp3) is 0.280. The molecule has 0 aliphatic heterocycles. The molecule has 2 atom stereocenters. The topological polar surface area (TPSA) is 71.1 Å². The molecule has 0 saturated carbocycles. The van der Waals surface area contributed by atoms with Gasteiger partial charge in [0, 0.05) is 24.9 Å². The van der Waals surface area contributed by atoms with Gasteiger partial charge >= 0.3 is 6.18 Å². The number of aromatic nitrogens is 1. The SMILES string of the molecule is Cc1cccc(-c2nc(C(F)(F)F)ccc2CNC(=O)C(C)c2cccc(CNS(C)=O)c2)c1. The molecule has 1 aromatic heterocycles. The lowest BCUT2D eigenvalue weighted by molar-refractivity contribution is -0.141. The summed E-state index contributed by atoms with van der Waals surface area (Å²) in [5, 5.41) is 2.83. The average molecular weight is 490 g/mol. The molecular weight excluding hydrogens is 463 g/mol. The molecule has 1 amide bonds. The number of hydrogen-bond acceptors (Lipinski definition) is 3. The minimum absolute atomic E-state index is 0.0354. The van der Waals surface area contributed by atoms with Crippen molar-refractivity contribution in [2.45, 2.75) is 39.0 Å². The number of aryl methyl sites for hydroxylation is 1. The molecule has 0 spiro atoms. The summed E-state index contributed by atoms with van der Waals surface area (Å²) in [5.41, 5.74) is 2.81. The smallest absolute Gasteiger partial charge is 0.351 e. The molecule has 0 bridgehead atoms. The average Bonchev–Trinajstić information content (AvgIpc) is 2.80. The van der Waals surface area contributed by atoms with E-state index >= 15 is 0 Å². The Balaban J connectivity index is 1.80. The third kappa shape index (κ3) is 6.74. The Kier molecular flexibility index (Phi) is 8.22. The van der Waals surface area contributed by atoms with Crippen LogP contribution < -0.4 is 10.0 Å². The molecule has 0 aliphatic rings. The molecule has 5 nitrogen and oxygen atoms in total. The Bertz CT molecular complexity index is 1200. The molecule has 0 fully saturated rings. The van der Waals surface area contributed by atoms with Crippen molar-refractivity contribution in [2.24, 2.45) is 0 Å². The lowest BCUT2D eigenvalue weighted by Gasteiger charge is -2.16. The number of nitrogens with zero attached hydrogens (tertiary/aromatic N) is 1. The molecule has 0 radical (unpaired) electrons. The zero-order chi connectivity index (χ0) is 24.9. The van der Waals surface area contributed by atoms with Crippen LogP contribution in [0.1, 0.15) is 40.8 Å². The summed E-state index contributed by atoms with van der Waals surface area (Å²) < 4.78 is 53.9. The van der Waals surface area contributed by atoms with E-state index < -0.39 is 28.8 Å². The molecule has 3 rings (SSSR count). The first-order valence-electron chi connectivity index (χ1n) is 10.6. The summed E-state index contributed by atoms with van der Waals surface area (Å²) >= 11 is 0. The van der Waals surface area contributed by atoms with Gasteiger partial charge in [0.05, 0.1) is 22.6 Å². The van der Waals surface area contributed by atoms with Crippen LogP contribution in [-0.4, -0.2) is 21.4 Å². The Labute approximate surface area is 199 Å². The number of rotatable bonds is 8. The maximum absolute atomic E-state index is 13.3. The second-order valence-electron chi connectivity index (χ2n) is 8.03. The van der Waals surface area contributed by atoms with Gasteiger partial charge in [0.25, 0.3) is 0 Å². The fourth-order valence-electron chi connectivity index (χ4n) is 3.48. The number of benzene rings is 2. The van der Waals surface area contributed by atoms with Gasteiger partial charge in [-0.15, -0.1) is 0 Å². The summed E-state index contributed by atoms with van der Waals surface area (Å²) in [6.45, 7) is 4.05. The standard InChI is InChI=1S/C25H26F3N3O2S/c1-16-6-4-9-20(12-16)23-21(10-11-22(31-23)25(26,27)28)15-29-24(32)17(2)19-8-5-7-18(13-19)14-30-34(3)33/h4-13,17,30H,14-15H2,1-3H3,(H,29,32). The third-order valence-electron chi connectivity index (χ3n) is 5.34. The summed E-state index contributed by atoms with van der Waals surface area (Å²) in [6, 6.07) is 16.7. The van der Waals surface area contributed by atoms with E-state index in [2.05, 4.69) is 15.0 Å². The highest BCUT2D eigenvalue weighted by Crippen LogP contribution is 2.31. The molecule has 2 aromatic carbocycles. The van der Waals surface area contributed by atoms with E-state index in [0.717, 1.165) is 22.8 Å². The summed E-state index contributed by atoms with van der Waals surface area (Å²) in [4.78, 5) is 16.7. The molecule has 9 heteroatoms. The Hall–Kier alpha value is -3.04. The number of carbonyl (C=O) groups excluding carboxylic acids is 1. The molecule has 34 heavy (non-hydrogen) atoms. The van der Waals surface area contributed by atoms with Gasteiger partial charge in [-0.25, -0.2) is 13.9 Å². The predicted molar refractivity (Wildman–Crippen MR) is 127 cm³/mol. The van der Waals surface area contributed by atoms with E-state index in [1.165, 1.54) is 6.07 Å². The third-order valence-corrected chi connectivity index (χ3v) is 5.89. The predicted octanol–water partition coefficient (Wildman–Crippen LogP) is 4.88. The van der Waals surface area contributed by atoms with Crippen molar-refractivity contribution in [2.75, 3.05) is 6.26 Å². The lowest BCUT2D eigenvalue weighted by atomic mass is 9.98. The molecule has 3 aromatic rings. The zero-order valence-electron chi connectivity index (χ0n) is 19.1. The van der Waals surface area contributed by atoms with Crippen LogP contribution in [0.4, 0.5) is 13.2 Å². The maximum Gasteiger partial charge on any atom is 0.433 e. The summed E-state index contributed by atoms with van der Waals surface area (Å²) in [7, 11) is -1.15. The van der Waals surface area contributed by atoms with Crippen LogP contribution >= 0.6 is 0 Å².